The van der Waals surface area contributed by atoms with Gasteiger partial charge in [0.25, 0.3) is 4.29 Å². The second-order valence-corrected chi connectivity index (χ2v) is 3.50. The van der Waals surface area contributed by atoms with Crippen molar-refractivity contribution in [1.29, 1.82) is 4.29 Å². The summed E-state index contributed by atoms with van der Waals surface area (Å²) in [5, 5.41) is 12.8. The van der Waals surface area contributed by atoms with E-state index in [1.807, 2.05) is 0 Å². The number of ketones is 1. The first-order chi connectivity index (χ1) is 9.71. The Bertz CT molecular complexity index is 591. The molecule has 2 rings (SSSR count). The zero-order valence-electron chi connectivity index (χ0n) is 11.7. The Labute approximate surface area is 102 Å². The molecular formula is C13H10O4. The van der Waals surface area contributed by atoms with Gasteiger partial charge in [-0.2, -0.15) is 0 Å². The third kappa shape index (κ3) is 2.06. The van der Waals surface area contributed by atoms with Crippen molar-refractivity contribution in [2.24, 2.45) is 0 Å². The van der Waals surface area contributed by atoms with Crippen LogP contribution in [-0.4, -0.2) is 25.4 Å². The predicted molar refractivity (Wildman–Crippen MR) is 61.3 cm³/mol. The van der Waals surface area contributed by atoms with Crippen LogP contribution in [0.15, 0.2) is 42.5 Å². The summed E-state index contributed by atoms with van der Waals surface area (Å²) in [5.41, 5.74) is 0.611. The Balaban J connectivity index is 2.50. The zero-order chi connectivity index (χ0) is 14.5. The lowest BCUT2D eigenvalue weighted by atomic mass is 10.0. The number of carbonyl (C=O) groups excluding carboxylic acids is 1. The second kappa shape index (κ2) is 4.17. The van der Waals surface area contributed by atoms with Crippen molar-refractivity contribution < 1.29 is 20.1 Å². The number of carbonyl (C=O) groups is 1. The molecule has 0 amide bonds. The quantitative estimate of drug-likeness (QED) is 0.545. The van der Waals surface area contributed by atoms with Crippen LogP contribution in [0.1, 0.15) is 15.9 Å². The van der Waals surface area contributed by atoms with Crippen LogP contribution in [0.25, 0.3) is 0 Å². The van der Waals surface area contributed by atoms with Crippen LogP contribution in [0.3, 0.4) is 0 Å². The molecule has 0 saturated heterocycles. The standard InChI is InChI=1S/C13H10O4/c14-10-6-9(7-11(15)13(10)17)12(16)8-4-2-1-3-5-8/h1-7,14-15,17H/i/hD3. The molecular weight excluding hydrogens is 220 g/mol. The average Bonchev–Trinajstić information content (AvgIpc) is 2.53. The third-order valence-corrected chi connectivity index (χ3v) is 2.32. The molecule has 0 saturated carbocycles. The van der Waals surface area contributed by atoms with Crippen LogP contribution in [0, 0.1) is 0 Å². The van der Waals surface area contributed by atoms with Crippen LogP contribution in [-0.2, 0) is 0 Å². The molecule has 0 radical (unpaired) electrons. The van der Waals surface area contributed by atoms with E-state index in [2.05, 4.69) is 15.3 Å². The molecule has 0 fully saturated rings. The fraction of sp³-hybridized carbons (Fsp3) is 0. The van der Waals surface area contributed by atoms with Crippen LogP contribution < -0.4 is 0 Å². The van der Waals surface area contributed by atoms with Crippen LogP contribution in [0.2, 0.25) is 0 Å². The highest BCUT2D eigenvalue weighted by Gasteiger charge is 2.14. The molecule has 0 heterocycles. The number of hydrogen-bond acceptors (Lipinski definition) is 4. The first-order valence-corrected chi connectivity index (χ1v) is 4.88. The monoisotopic (exact) mass is 233 g/mol. The molecule has 86 valence electrons. The van der Waals surface area contributed by atoms with Crippen LogP contribution in [0.5, 0.6) is 17.2 Å². The van der Waals surface area contributed by atoms with Crippen molar-refractivity contribution in [2.75, 3.05) is 0 Å². The Morgan fingerprint density at radius 2 is 1.59 bits per heavy atom. The highest BCUT2D eigenvalue weighted by molar-refractivity contribution is 6.09. The first kappa shape index (κ1) is 7.73. The molecule has 0 aromatic heterocycles. The predicted octanol–water partition coefficient (Wildman–Crippen LogP) is 2.03. The molecule has 4 heteroatoms. The zero-order valence-corrected chi connectivity index (χ0v) is 8.67. The Morgan fingerprint density at radius 1 is 0.941 bits per heavy atom. The maximum absolute atomic E-state index is 12.3. The minimum absolute atomic E-state index is 0.168. The van der Waals surface area contributed by atoms with Gasteiger partial charge in [-0.15, -0.1) is 0 Å². The Kier molecular flexibility index (Phi) is 1.90. The van der Waals surface area contributed by atoms with E-state index >= 15 is 0 Å². The number of hydrogen-bond donors (Lipinski definition) is 3. The summed E-state index contributed by atoms with van der Waals surface area (Å²) in [6.45, 7) is 0. The molecule has 0 spiro atoms. The molecule has 3 N–H and O–H groups in total. The molecule has 2 aromatic rings. The number of phenols is 3. The van der Waals surface area contributed by atoms with E-state index < -0.39 is 0 Å². The van der Waals surface area contributed by atoms with E-state index in [1.165, 1.54) is 12.1 Å². The number of rotatable bonds is 5. The van der Waals surface area contributed by atoms with E-state index in [9.17, 15) is 4.79 Å². The first-order valence-electron chi connectivity index (χ1n) is 6.11. The Hall–Kier alpha value is -2.49. The molecule has 0 aliphatic heterocycles. The van der Waals surface area contributed by atoms with E-state index in [0.717, 1.165) is 0 Å². The fourth-order valence-corrected chi connectivity index (χ4v) is 1.46. The lowest BCUT2D eigenvalue weighted by Gasteiger charge is -2.05. The molecule has 0 atom stereocenters. The van der Waals surface area contributed by atoms with Gasteiger partial charge in [0.1, 0.15) is 0 Å². The highest BCUT2D eigenvalue weighted by Crippen LogP contribution is 2.35. The molecule has 0 unspecified atom stereocenters. The topological polar surface area (TPSA) is 77.8 Å². The SMILES string of the molecule is [2H]Oc1cc(C(=O)c2ccccc2)cc(O[2H])c1O[2H]. The van der Waals surface area contributed by atoms with Gasteiger partial charge in [0.05, 0.1) is 0 Å². The molecule has 0 aliphatic rings. The molecule has 17 heavy (non-hydrogen) atoms. The highest BCUT2D eigenvalue weighted by atomic mass is 16.3. The van der Waals surface area contributed by atoms with Crippen LogP contribution >= 0.6 is 0 Å². The molecule has 0 aliphatic carbocycles. The Morgan fingerprint density at radius 3 is 2.12 bits per heavy atom. The largest absolute Gasteiger partial charge is 0.504 e. The average molecular weight is 233 g/mol. The van der Waals surface area contributed by atoms with Gasteiger partial charge in [0, 0.05) is 11.1 Å². The minimum atomic E-state index is -0.321. The van der Waals surface area contributed by atoms with Crippen molar-refractivity contribution in [1.82, 2.24) is 0 Å². The van der Waals surface area contributed by atoms with E-state index in [-0.39, 0.29) is 28.6 Å². The summed E-state index contributed by atoms with van der Waals surface area (Å²) in [6, 6.07) is 11.0. The van der Waals surface area contributed by atoms with Crippen molar-refractivity contribution >= 4 is 5.78 Å². The van der Waals surface area contributed by atoms with Gasteiger partial charge in [-0.25, -0.2) is 0 Å². The second-order valence-electron chi connectivity index (χ2n) is 3.50. The van der Waals surface area contributed by atoms with Gasteiger partial charge < -0.3 is 15.3 Å². The van der Waals surface area contributed by atoms with E-state index in [0.29, 0.717) is 5.56 Å². The van der Waals surface area contributed by atoms with Gasteiger partial charge >= 0.3 is 0 Å². The van der Waals surface area contributed by atoms with Crippen molar-refractivity contribution in [3.8, 4) is 17.2 Å². The van der Waals surface area contributed by atoms with Gasteiger partial charge in [-0.3, -0.25) is 4.79 Å². The minimum Gasteiger partial charge on any atom is -0.504 e. The number of benzene rings is 2. The number of aromatic hydroxyl groups is 3. The fourth-order valence-electron chi connectivity index (χ4n) is 1.46. The summed E-state index contributed by atoms with van der Waals surface area (Å²) in [5.74, 6) is -0.911. The molecule has 0 bridgehead atoms. The summed E-state index contributed by atoms with van der Waals surface area (Å²) in [4.78, 5) is 12.3. The van der Waals surface area contributed by atoms with E-state index in [1.54, 1.807) is 30.3 Å². The van der Waals surface area contributed by atoms with Crippen LogP contribution in [0.4, 0.5) is 0 Å². The van der Waals surface area contributed by atoms with Crippen molar-refractivity contribution in [2.45, 2.75) is 0 Å². The smallest absolute Gasteiger partial charge is 0.293 e. The van der Waals surface area contributed by atoms with Crippen molar-refractivity contribution in [3.05, 3.63) is 53.6 Å². The van der Waals surface area contributed by atoms with Gasteiger partial charge in [-0.1, -0.05) is 30.3 Å². The maximum Gasteiger partial charge on any atom is 0.293 e. The third-order valence-electron chi connectivity index (χ3n) is 2.32. The summed E-state index contributed by atoms with van der Waals surface area (Å²) < 4.78 is 20.7. The summed E-state index contributed by atoms with van der Waals surface area (Å²) in [7, 11) is 0. The lowest BCUT2D eigenvalue weighted by molar-refractivity contribution is 0.103. The lowest BCUT2D eigenvalue weighted by Crippen LogP contribution is -2.00. The summed E-state index contributed by atoms with van der Waals surface area (Å²) >= 11 is 0. The van der Waals surface area contributed by atoms with Gasteiger partial charge in [-0.05, 0) is 12.1 Å². The summed E-state index contributed by atoms with van der Waals surface area (Å²) in [6.07, 6.45) is 0. The normalized spacial score (nSPS) is 11.9. The number of phenolic OH excluding ortho intramolecular Hbond substituents is 3. The molecule has 2 aromatic carbocycles. The van der Waals surface area contributed by atoms with Crippen molar-refractivity contribution in [3.63, 3.8) is 0 Å². The van der Waals surface area contributed by atoms with E-state index in [4.69, 9.17) is 4.29 Å². The maximum atomic E-state index is 12.3. The molecule has 4 nitrogen and oxygen atoms in total. The van der Waals surface area contributed by atoms with Gasteiger partial charge in [0.15, 0.2) is 23.0 Å². The van der Waals surface area contributed by atoms with Gasteiger partial charge in [0.2, 0.25) is 0 Å².